The van der Waals surface area contributed by atoms with Crippen molar-refractivity contribution in [3.05, 3.63) is 71.3 Å². The molecule has 0 bridgehead atoms. The van der Waals surface area contributed by atoms with Gasteiger partial charge in [0.1, 0.15) is 12.7 Å². The summed E-state index contributed by atoms with van der Waals surface area (Å²) in [4.78, 5) is 25.8. The highest BCUT2D eigenvalue weighted by Gasteiger charge is 2.43. The summed E-state index contributed by atoms with van der Waals surface area (Å²) >= 11 is 0. The normalized spacial score (nSPS) is 20.2. The number of nitrogens with zero attached hydrogens (tertiary/aromatic N) is 2. The summed E-state index contributed by atoms with van der Waals surface area (Å²) in [5.74, 6) is -0.965. The van der Waals surface area contributed by atoms with Gasteiger partial charge >= 0.3 is 5.97 Å². The largest absolute Gasteiger partial charge is 0.480 e. The van der Waals surface area contributed by atoms with Crippen LogP contribution in [-0.2, 0) is 4.79 Å². The Labute approximate surface area is 151 Å². The van der Waals surface area contributed by atoms with Crippen molar-refractivity contribution in [2.75, 3.05) is 18.1 Å². The first kappa shape index (κ1) is 16.4. The summed E-state index contributed by atoms with van der Waals surface area (Å²) < 4.78 is 0. The standard InChI is InChI=1S/C20H19N3O3/c24-18(25)13-21-23-17-9-5-4-8-16(17)20(26)22-11-10-15(19(22)23)12-14-6-2-1-3-7-14/h1-9,12,19,21H,10-11,13H2,(H,24,25)/b15-12+. The molecule has 0 aliphatic carbocycles. The number of hydrogen-bond donors (Lipinski definition) is 2. The molecule has 1 unspecified atom stereocenters. The van der Waals surface area contributed by atoms with E-state index < -0.39 is 5.97 Å². The maximum Gasteiger partial charge on any atom is 0.319 e. The fourth-order valence-corrected chi connectivity index (χ4v) is 3.60. The van der Waals surface area contributed by atoms with E-state index >= 15 is 0 Å². The van der Waals surface area contributed by atoms with Crippen molar-refractivity contribution in [3.8, 4) is 0 Å². The van der Waals surface area contributed by atoms with Crippen LogP contribution in [0.3, 0.4) is 0 Å². The Kier molecular flexibility index (Phi) is 4.18. The van der Waals surface area contributed by atoms with Crippen molar-refractivity contribution in [1.29, 1.82) is 0 Å². The minimum atomic E-state index is -0.947. The Morgan fingerprint density at radius 3 is 2.65 bits per heavy atom. The van der Waals surface area contributed by atoms with Crippen molar-refractivity contribution in [2.24, 2.45) is 0 Å². The second kappa shape index (κ2) is 6.65. The van der Waals surface area contributed by atoms with Crippen LogP contribution in [0.25, 0.3) is 6.08 Å². The van der Waals surface area contributed by atoms with Crippen LogP contribution in [0.5, 0.6) is 0 Å². The molecule has 2 aliphatic rings. The van der Waals surface area contributed by atoms with Crippen LogP contribution in [0.2, 0.25) is 0 Å². The molecule has 0 aromatic heterocycles. The Balaban J connectivity index is 1.77. The van der Waals surface area contributed by atoms with Gasteiger partial charge in [0.25, 0.3) is 5.91 Å². The molecule has 0 saturated carbocycles. The van der Waals surface area contributed by atoms with Gasteiger partial charge in [-0.05, 0) is 29.7 Å². The molecule has 1 atom stereocenters. The molecule has 4 rings (SSSR count). The molecule has 6 nitrogen and oxygen atoms in total. The number of amides is 1. The second-order valence-electron chi connectivity index (χ2n) is 6.37. The van der Waals surface area contributed by atoms with Crippen LogP contribution in [0.15, 0.2) is 60.2 Å². The average molecular weight is 349 g/mol. The number of fused-ring (bicyclic) bond motifs is 2. The van der Waals surface area contributed by atoms with E-state index in [2.05, 4.69) is 11.5 Å². The minimum Gasteiger partial charge on any atom is -0.480 e. The lowest BCUT2D eigenvalue weighted by atomic mass is 10.0. The molecule has 26 heavy (non-hydrogen) atoms. The maximum absolute atomic E-state index is 12.9. The molecular formula is C20H19N3O3. The Bertz CT molecular complexity index is 879. The van der Waals surface area contributed by atoms with Crippen LogP contribution in [0, 0.1) is 0 Å². The molecule has 1 saturated heterocycles. The first-order chi connectivity index (χ1) is 12.6. The number of carboxylic acid groups (broad SMARTS) is 1. The zero-order chi connectivity index (χ0) is 18.1. The third-order valence-electron chi connectivity index (χ3n) is 4.72. The van der Waals surface area contributed by atoms with Gasteiger partial charge in [0.05, 0.1) is 11.3 Å². The van der Waals surface area contributed by atoms with E-state index in [1.165, 1.54) is 0 Å². The smallest absolute Gasteiger partial charge is 0.319 e. The molecule has 1 fully saturated rings. The van der Waals surface area contributed by atoms with E-state index in [1.807, 2.05) is 53.5 Å². The van der Waals surface area contributed by atoms with Gasteiger partial charge in [0.15, 0.2) is 0 Å². The SMILES string of the molecule is O=C(O)CNN1c2ccccc2C(=O)N2CC/C(=C\c3ccccc3)C21. The van der Waals surface area contributed by atoms with E-state index in [1.54, 1.807) is 11.0 Å². The first-order valence-electron chi connectivity index (χ1n) is 8.55. The predicted molar refractivity (Wildman–Crippen MR) is 98.4 cm³/mol. The summed E-state index contributed by atoms with van der Waals surface area (Å²) in [6, 6.07) is 17.2. The van der Waals surface area contributed by atoms with Crippen LogP contribution in [0.1, 0.15) is 22.3 Å². The fraction of sp³-hybridized carbons (Fsp3) is 0.200. The number of anilines is 1. The Hall–Kier alpha value is -3.12. The van der Waals surface area contributed by atoms with E-state index in [0.717, 1.165) is 17.6 Å². The van der Waals surface area contributed by atoms with Gasteiger partial charge in [-0.15, -0.1) is 0 Å². The van der Waals surface area contributed by atoms with E-state index in [-0.39, 0.29) is 18.6 Å². The Morgan fingerprint density at radius 2 is 1.88 bits per heavy atom. The topological polar surface area (TPSA) is 72.9 Å². The monoisotopic (exact) mass is 349 g/mol. The van der Waals surface area contributed by atoms with Crippen LogP contribution in [0.4, 0.5) is 5.69 Å². The molecule has 0 radical (unpaired) electrons. The third kappa shape index (κ3) is 2.84. The van der Waals surface area contributed by atoms with E-state index in [9.17, 15) is 9.59 Å². The van der Waals surface area contributed by atoms with Gasteiger partial charge in [-0.1, -0.05) is 48.5 Å². The molecule has 1 amide bonds. The van der Waals surface area contributed by atoms with E-state index in [0.29, 0.717) is 17.8 Å². The number of aliphatic carboxylic acids is 1. The highest BCUT2D eigenvalue weighted by atomic mass is 16.4. The lowest BCUT2D eigenvalue weighted by Gasteiger charge is -2.42. The van der Waals surface area contributed by atoms with Gasteiger partial charge in [0, 0.05) is 6.54 Å². The summed E-state index contributed by atoms with van der Waals surface area (Å²) in [6.07, 6.45) is 2.52. The van der Waals surface area contributed by atoms with Crippen LogP contribution in [-0.4, -0.2) is 41.1 Å². The zero-order valence-electron chi connectivity index (χ0n) is 14.1. The van der Waals surface area contributed by atoms with Gasteiger partial charge in [-0.3, -0.25) is 14.6 Å². The molecule has 2 N–H and O–H groups in total. The maximum atomic E-state index is 12.9. The number of carboxylic acids is 1. The van der Waals surface area contributed by atoms with Gasteiger partial charge in [-0.2, -0.15) is 0 Å². The first-order valence-corrected chi connectivity index (χ1v) is 8.55. The molecule has 132 valence electrons. The minimum absolute atomic E-state index is 0.0181. The quantitative estimate of drug-likeness (QED) is 0.886. The van der Waals surface area contributed by atoms with Crippen LogP contribution >= 0.6 is 0 Å². The number of carbonyl (C=O) groups excluding carboxylic acids is 1. The van der Waals surface area contributed by atoms with Crippen molar-refractivity contribution in [1.82, 2.24) is 10.3 Å². The van der Waals surface area contributed by atoms with E-state index in [4.69, 9.17) is 5.11 Å². The summed E-state index contributed by atoms with van der Waals surface area (Å²) in [5.41, 5.74) is 6.42. The number of hydrazine groups is 1. The lowest BCUT2D eigenvalue weighted by Crippen LogP contribution is -2.58. The van der Waals surface area contributed by atoms with Crippen molar-refractivity contribution >= 4 is 23.6 Å². The molecule has 0 spiro atoms. The van der Waals surface area contributed by atoms with Crippen molar-refractivity contribution in [3.63, 3.8) is 0 Å². The highest BCUT2D eigenvalue weighted by Crippen LogP contribution is 2.37. The summed E-state index contributed by atoms with van der Waals surface area (Å²) in [5, 5.41) is 10.9. The number of rotatable bonds is 4. The average Bonchev–Trinajstić information content (AvgIpc) is 3.06. The number of benzene rings is 2. The third-order valence-corrected chi connectivity index (χ3v) is 4.72. The Morgan fingerprint density at radius 1 is 1.15 bits per heavy atom. The molecule has 2 aromatic rings. The molecule has 2 heterocycles. The summed E-state index contributed by atoms with van der Waals surface area (Å²) in [7, 11) is 0. The summed E-state index contributed by atoms with van der Waals surface area (Å²) in [6.45, 7) is 0.396. The number of carbonyl (C=O) groups is 2. The number of para-hydroxylation sites is 1. The van der Waals surface area contributed by atoms with Crippen molar-refractivity contribution < 1.29 is 14.7 Å². The van der Waals surface area contributed by atoms with Gasteiger partial charge < -0.3 is 10.0 Å². The van der Waals surface area contributed by atoms with Gasteiger partial charge in [-0.25, -0.2) is 5.43 Å². The van der Waals surface area contributed by atoms with Crippen LogP contribution < -0.4 is 10.4 Å². The number of hydrogen-bond acceptors (Lipinski definition) is 4. The molecule has 2 aromatic carbocycles. The molecular weight excluding hydrogens is 330 g/mol. The fourth-order valence-electron chi connectivity index (χ4n) is 3.60. The lowest BCUT2D eigenvalue weighted by molar-refractivity contribution is -0.136. The van der Waals surface area contributed by atoms with Gasteiger partial charge in [0.2, 0.25) is 0 Å². The number of nitrogens with one attached hydrogen (secondary N) is 1. The highest BCUT2D eigenvalue weighted by molar-refractivity contribution is 6.02. The van der Waals surface area contributed by atoms with Crippen molar-refractivity contribution in [2.45, 2.75) is 12.6 Å². The molecule has 6 heteroatoms. The zero-order valence-corrected chi connectivity index (χ0v) is 14.1. The second-order valence-corrected chi connectivity index (χ2v) is 6.37. The molecule has 2 aliphatic heterocycles. The predicted octanol–water partition coefficient (Wildman–Crippen LogP) is 2.35.